The Morgan fingerprint density at radius 1 is 0.500 bits per heavy atom. The molecule has 3 aromatic carbocycles. The highest BCUT2D eigenvalue weighted by Gasteiger charge is 2.13. The van der Waals surface area contributed by atoms with E-state index in [2.05, 4.69) is 36.2 Å². The molecule has 0 saturated carbocycles. The molecule has 32 heavy (non-hydrogen) atoms. The molecule has 9 heteroatoms. The van der Waals surface area contributed by atoms with Crippen LogP contribution in [-0.4, -0.2) is 27.0 Å². The summed E-state index contributed by atoms with van der Waals surface area (Å²) in [5.74, 6) is 0.273. The van der Waals surface area contributed by atoms with Crippen LogP contribution in [-0.2, 0) is 0 Å². The van der Waals surface area contributed by atoms with Crippen molar-refractivity contribution in [1.29, 1.82) is 0 Å². The van der Waals surface area contributed by atoms with Crippen LogP contribution < -0.4 is 21.3 Å². The van der Waals surface area contributed by atoms with Gasteiger partial charge in [0, 0.05) is 16.9 Å². The Morgan fingerprint density at radius 3 is 1.34 bits per heavy atom. The van der Waals surface area contributed by atoms with Gasteiger partial charge in [0.25, 0.3) is 0 Å². The molecule has 4 aromatic rings. The van der Waals surface area contributed by atoms with Crippen molar-refractivity contribution in [3.63, 3.8) is 0 Å². The van der Waals surface area contributed by atoms with E-state index in [1.54, 1.807) is 48.5 Å². The zero-order valence-corrected chi connectivity index (χ0v) is 16.8. The normalized spacial score (nSPS) is 10.1. The van der Waals surface area contributed by atoms with Gasteiger partial charge in [0.1, 0.15) is 0 Å². The molecule has 0 radical (unpaired) electrons. The highest BCUT2D eigenvalue weighted by Crippen LogP contribution is 2.18. The number of benzene rings is 3. The molecule has 0 aliphatic heterocycles. The third-order valence-corrected chi connectivity index (χ3v) is 4.18. The quantitative estimate of drug-likeness (QED) is 0.365. The van der Waals surface area contributed by atoms with E-state index in [0.717, 1.165) is 0 Å². The highest BCUT2D eigenvalue weighted by atomic mass is 16.2. The SMILES string of the molecule is O=C(Nc1ccccc1)Nc1nc(NC(=O)Nc2ccccc2)nc(-c2ccccc2)n1. The molecule has 0 fully saturated rings. The number of aromatic nitrogens is 3. The molecule has 0 unspecified atom stereocenters. The van der Waals surface area contributed by atoms with Crippen molar-refractivity contribution < 1.29 is 9.59 Å². The van der Waals surface area contributed by atoms with Crippen molar-refractivity contribution in [2.24, 2.45) is 0 Å². The lowest BCUT2D eigenvalue weighted by Gasteiger charge is -2.11. The van der Waals surface area contributed by atoms with Crippen molar-refractivity contribution in [3.8, 4) is 11.4 Å². The van der Waals surface area contributed by atoms with Crippen molar-refractivity contribution in [3.05, 3.63) is 91.0 Å². The fourth-order valence-corrected chi connectivity index (χ4v) is 2.77. The Kier molecular flexibility index (Phi) is 6.28. The average Bonchev–Trinajstić information content (AvgIpc) is 2.80. The molecule has 0 saturated heterocycles. The molecule has 0 aliphatic rings. The van der Waals surface area contributed by atoms with Crippen LogP contribution in [0.2, 0.25) is 0 Å². The third-order valence-electron chi connectivity index (χ3n) is 4.18. The first kappa shape index (κ1) is 20.5. The number of anilines is 4. The van der Waals surface area contributed by atoms with Gasteiger partial charge in [-0.3, -0.25) is 10.6 Å². The number of nitrogens with zero attached hydrogens (tertiary/aromatic N) is 3. The second-order valence-electron chi connectivity index (χ2n) is 6.56. The topological polar surface area (TPSA) is 121 Å². The molecule has 4 N–H and O–H groups in total. The third kappa shape index (κ3) is 5.63. The predicted octanol–water partition coefficient (Wildman–Crippen LogP) is 4.83. The Hall–Kier alpha value is -4.79. The van der Waals surface area contributed by atoms with Crippen LogP contribution in [0, 0.1) is 0 Å². The Morgan fingerprint density at radius 2 is 0.906 bits per heavy atom. The number of carbonyl (C=O) groups excluding carboxylic acids is 2. The van der Waals surface area contributed by atoms with Gasteiger partial charge in [-0.15, -0.1) is 0 Å². The maximum atomic E-state index is 12.4. The van der Waals surface area contributed by atoms with Crippen molar-refractivity contribution >= 4 is 35.3 Å². The number of amides is 4. The molecule has 0 spiro atoms. The van der Waals surface area contributed by atoms with E-state index in [1.807, 2.05) is 42.5 Å². The summed E-state index contributed by atoms with van der Waals surface area (Å²) in [4.78, 5) is 37.5. The fraction of sp³-hybridized carbons (Fsp3) is 0. The van der Waals surface area contributed by atoms with Gasteiger partial charge in [-0.25, -0.2) is 9.59 Å². The van der Waals surface area contributed by atoms with E-state index in [1.165, 1.54) is 0 Å². The summed E-state index contributed by atoms with van der Waals surface area (Å²) in [6.45, 7) is 0. The van der Waals surface area contributed by atoms with Crippen LogP contribution in [0.25, 0.3) is 11.4 Å². The number of para-hydroxylation sites is 2. The number of nitrogens with one attached hydrogen (secondary N) is 4. The molecule has 1 aromatic heterocycles. The molecule has 158 valence electrons. The molecule has 1 heterocycles. The zero-order valence-electron chi connectivity index (χ0n) is 16.8. The first-order chi connectivity index (χ1) is 15.7. The highest BCUT2D eigenvalue weighted by molar-refractivity contribution is 6.00. The molecule has 4 rings (SSSR count). The molecular formula is C23H19N7O2. The second kappa shape index (κ2) is 9.81. The lowest BCUT2D eigenvalue weighted by Crippen LogP contribution is -2.24. The Bertz CT molecular complexity index is 1130. The van der Waals surface area contributed by atoms with E-state index < -0.39 is 12.1 Å². The van der Waals surface area contributed by atoms with E-state index in [-0.39, 0.29) is 11.9 Å². The molecule has 0 aliphatic carbocycles. The van der Waals surface area contributed by atoms with Crippen molar-refractivity contribution in [2.75, 3.05) is 21.3 Å². The average molecular weight is 425 g/mol. The lowest BCUT2D eigenvalue weighted by atomic mass is 10.2. The van der Waals surface area contributed by atoms with Crippen LogP contribution in [0.4, 0.5) is 32.9 Å². The van der Waals surface area contributed by atoms with Crippen LogP contribution in [0.5, 0.6) is 0 Å². The minimum atomic E-state index is -0.527. The molecule has 9 nitrogen and oxygen atoms in total. The smallest absolute Gasteiger partial charge is 0.308 e. The summed E-state index contributed by atoms with van der Waals surface area (Å²) < 4.78 is 0. The second-order valence-corrected chi connectivity index (χ2v) is 6.56. The number of urea groups is 2. The molecule has 4 amide bonds. The van der Waals surface area contributed by atoms with E-state index >= 15 is 0 Å². The van der Waals surface area contributed by atoms with Gasteiger partial charge in [0.05, 0.1) is 0 Å². The molecule has 0 bridgehead atoms. The number of hydrogen-bond donors (Lipinski definition) is 4. The van der Waals surface area contributed by atoms with E-state index in [9.17, 15) is 9.59 Å². The van der Waals surface area contributed by atoms with Gasteiger partial charge in [-0.2, -0.15) is 15.0 Å². The van der Waals surface area contributed by atoms with Gasteiger partial charge in [0.2, 0.25) is 11.9 Å². The number of rotatable bonds is 5. The summed E-state index contributed by atoms with van der Waals surface area (Å²) >= 11 is 0. The number of carbonyl (C=O) groups is 2. The van der Waals surface area contributed by atoms with Crippen molar-refractivity contribution in [2.45, 2.75) is 0 Å². The first-order valence-electron chi connectivity index (χ1n) is 9.73. The molecule has 0 atom stereocenters. The van der Waals surface area contributed by atoms with Gasteiger partial charge in [-0.05, 0) is 24.3 Å². The maximum Gasteiger partial charge on any atom is 0.326 e. The minimum absolute atomic E-state index is 0.0118. The largest absolute Gasteiger partial charge is 0.326 e. The maximum absolute atomic E-state index is 12.4. The van der Waals surface area contributed by atoms with Crippen LogP contribution in [0.1, 0.15) is 0 Å². The van der Waals surface area contributed by atoms with E-state index in [4.69, 9.17) is 0 Å². The van der Waals surface area contributed by atoms with Gasteiger partial charge < -0.3 is 10.6 Å². The van der Waals surface area contributed by atoms with Crippen LogP contribution in [0.15, 0.2) is 91.0 Å². The van der Waals surface area contributed by atoms with E-state index in [0.29, 0.717) is 22.8 Å². The van der Waals surface area contributed by atoms with Gasteiger partial charge in [0.15, 0.2) is 5.82 Å². The van der Waals surface area contributed by atoms with Crippen molar-refractivity contribution in [1.82, 2.24) is 15.0 Å². The Balaban J connectivity index is 1.55. The fourth-order valence-electron chi connectivity index (χ4n) is 2.77. The lowest BCUT2D eigenvalue weighted by molar-refractivity contribution is 0.261. The first-order valence-corrected chi connectivity index (χ1v) is 9.73. The zero-order chi connectivity index (χ0) is 22.2. The summed E-state index contributed by atoms with van der Waals surface area (Å²) in [7, 11) is 0. The molecular weight excluding hydrogens is 406 g/mol. The summed E-state index contributed by atoms with van der Waals surface area (Å²) in [5, 5.41) is 10.5. The minimum Gasteiger partial charge on any atom is -0.308 e. The number of hydrogen-bond acceptors (Lipinski definition) is 5. The van der Waals surface area contributed by atoms with Crippen LogP contribution in [0.3, 0.4) is 0 Å². The summed E-state index contributed by atoms with van der Waals surface area (Å²) in [5.41, 5.74) is 1.93. The predicted molar refractivity (Wildman–Crippen MR) is 123 cm³/mol. The van der Waals surface area contributed by atoms with Gasteiger partial charge in [-0.1, -0.05) is 66.7 Å². The summed E-state index contributed by atoms with van der Waals surface area (Å²) in [6.07, 6.45) is 0. The summed E-state index contributed by atoms with van der Waals surface area (Å²) in [6, 6.07) is 26.0. The monoisotopic (exact) mass is 425 g/mol. The van der Waals surface area contributed by atoms with Gasteiger partial charge >= 0.3 is 12.1 Å². The Labute approximate surface area is 184 Å². The van der Waals surface area contributed by atoms with Crippen LogP contribution >= 0.6 is 0 Å². The standard InChI is InChI=1S/C23H19N7O2/c31-22(24-17-12-6-2-7-13-17)29-20-26-19(16-10-4-1-5-11-16)27-21(28-20)30-23(32)25-18-14-8-3-9-15-18/h1-15H,(H4,24,25,26,27,28,29,30,31,32).